The fraction of sp³-hybridized carbons (Fsp3) is 0.303. The standard InChI is InChI=1S/C33H32F2N8O2/c1-42-16-14-21(15-17-42)43-29(23-12-13-26(38-30(23)35)37-20-10-11-20)24(18-36-43)32(44)41-31-33(45)40-28-22(8-5-9-25(28)34)27(39-31)19-6-3-2-4-7-19/h2-9,12-13,18,20-21,31H,10-11,14-17H2,1H3,(H,37,38)(H,40,45)(H,41,44)/t31-/m1/s1. The third-order valence-corrected chi connectivity index (χ3v) is 8.45. The summed E-state index contributed by atoms with van der Waals surface area (Å²) in [5.74, 6) is -2.31. The summed E-state index contributed by atoms with van der Waals surface area (Å²) < 4.78 is 32.3. The summed E-state index contributed by atoms with van der Waals surface area (Å²) >= 11 is 0. The van der Waals surface area contributed by atoms with Crippen LogP contribution in [0.25, 0.3) is 11.3 Å². The number of hydrogen-bond acceptors (Lipinski definition) is 7. The normalized spacial score (nSPS) is 18.9. The number of nitrogens with one attached hydrogen (secondary N) is 3. The summed E-state index contributed by atoms with van der Waals surface area (Å²) in [5, 5.41) is 13.1. The first kappa shape index (κ1) is 28.8. The van der Waals surface area contributed by atoms with Crippen LogP contribution in [0, 0.1) is 11.8 Å². The van der Waals surface area contributed by atoms with Gasteiger partial charge in [-0.3, -0.25) is 14.3 Å². The number of piperidine rings is 1. The molecule has 2 aromatic heterocycles. The number of benzodiazepines with no additional fused rings is 1. The first-order valence-corrected chi connectivity index (χ1v) is 15.1. The van der Waals surface area contributed by atoms with E-state index in [1.165, 1.54) is 18.3 Å². The molecule has 10 nitrogen and oxygen atoms in total. The summed E-state index contributed by atoms with van der Waals surface area (Å²) in [4.78, 5) is 38.3. The van der Waals surface area contributed by atoms with Crippen LogP contribution in [0.4, 0.5) is 20.3 Å². The van der Waals surface area contributed by atoms with Crippen LogP contribution in [0.1, 0.15) is 53.2 Å². The number of rotatable bonds is 7. The molecule has 1 saturated heterocycles. The highest BCUT2D eigenvalue weighted by molar-refractivity contribution is 6.20. The van der Waals surface area contributed by atoms with Crippen LogP contribution in [0.5, 0.6) is 0 Å². The average molecular weight is 611 g/mol. The number of pyridine rings is 1. The molecule has 7 rings (SSSR count). The number of fused-ring (bicyclic) bond motifs is 1. The van der Waals surface area contributed by atoms with Crippen molar-refractivity contribution in [3.05, 3.63) is 95.3 Å². The van der Waals surface area contributed by atoms with Crippen LogP contribution in [0.3, 0.4) is 0 Å². The SMILES string of the molecule is CN1CCC(n2ncc(C(=O)N[C@H]3N=C(c4ccccc4)c4cccc(F)c4NC3=O)c2-c2ccc(NC3CC3)nc2F)CC1. The highest BCUT2D eigenvalue weighted by atomic mass is 19.1. The third kappa shape index (κ3) is 5.80. The highest BCUT2D eigenvalue weighted by Gasteiger charge is 2.33. The monoisotopic (exact) mass is 610 g/mol. The topological polar surface area (TPSA) is 117 Å². The number of carbonyl (C=O) groups excluding carboxylic acids is 2. The maximum atomic E-state index is 15.7. The summed E-state index contributed by atoms with van der Waals surface area (Å²) in [6, 6.07) is 17.0. The minimum Gasteiger partial charge on any atom is -0.367 e. The van der Waals surface area contributed by atoms with Crippen molar-refractivity contribution in [1.29, 1.82) is 0 Å². The molecule has 0 unspecified atom stereocenters. The predicted molar refractivity (Wildman–Crippen MR) is 166 cm³/mol. The van der Waals surface area contributed by atoms with Gasteiger partial charge >= 0.3 is 0 Å². The third-order valence-electron chi connectivity index (χ3n) is 8.45. The molecule has 45 heavy (non-hydrogen) atoms. The van der Waals surface area contributed by atoms with Crippen LogP contribution in [-0.4, -0.2) is 69.5 Å². The van der Waals surface area contributed by atoms with E-state index in [1.807, 2.05) is 25.2 Å². The largest absolute Gasteiger partial charge is 0.367 e. The second-order valence-corrected chi connectivity index (χ2v) is 11.7. The van der Waals surface area contributed by atoms with E-state index in [1.54, 1.807) is 35.0 Å². The molecule has 0 spiro atoms. The van der Waals surface area contributed by atoms with Crippen LogP contribution in [0.15, 0.2) is 71.9 Å². The smallest absolute Gasteiger partial charge is 0.269 e. The Morgan fingerprint density at radius 2 is 1.73 bits per heavy atom. The Balaban J connectivity index is 1.26. The lowest BCUT2D eigenvalue weighted by Gasteiger charge is -2.30. The molecule has 4 heterocycles. The van der Waals surface area contributed by atoms with Gasteiger partial charge in [-0.05, 0) is 64.0 Å². The number of amides is 2. The summed E-state index contributed by atoms with van der Waals surface area (Å²) in [5.41, 5.74) is 1.83. The van der Waals surface area contributed by atoms with Crippen molar-refractivity contribution in [2.75, 3.05) is 30.8 Å². The molecule has 3 aliphatic rings. The maximum Gasteiger partial charge on any atom is 0.269 e. The van der Waals surface area contributed by atoms with Crippen molar-refractivity contribution < 1.29 is 18.4 Å². The minimum absolute atomic E-state index is 0.0225. The van der Waals surface area contributed by atoms with E-state index in [2.05, 4.69) is 35.9 Å². The lowest BCUT2D eigenvalue weighted by atomic mass is 10.0. The summed E-state index contributed by atoms with van der Waals surface area (Å²) in [6.45, 7) is 1.65. The number of para-hydroxylation sites is 1. The van der Waals surface area contributed by atoms with Crippen molar-refractivity contribution in [3.63, 3.8) is 0 Å². The van der Waals surface area contributed by atoms with Crippen LogP contribution in [-0.2, 0) is 4.79 Å². The first-order valence-electron chi connectivity index (χ1n) is 15.1. The second-order valence-electron chi connectivity index (χ2n) is 11.7. The molecule has 3 N–H and O–H groups in total. The van der Waals surface area contributed by atoms with E-state index >= 15 is 4.39 Å². The summed E-state index contributed by atoms with van der Waals surface area (Å²) in [6.07, 6.45) is 3.54. The molecule has 2 fully saturated rings. The molecule has 1 atom stereocenters. The van der Waals surface area contributed by atoms with Gasteiger partial charge in [-0.2, -0.15) is 9.49 Å². The lowest BCUT2D eigenvalue weighted by molar-refractivity contribution is -0.117. The number of anilines is 2. The van der Waals surface area contributed by atoms with E-state index < -0.39 is 29.7 Å². The lowest BCUT2D eigenvalue weighted by Crippen LogP contribution is -2.42. The Morgan fingerprint density at radius 3 is 2.47 bits per heavy atom. The van der Waals surface area contributed by atoms with E-state index in [0.29, 0.717) is 28.7 Å². The number of aliphatic imine (C=N–C) groups is 1. The van der Waals surface area contributed by atoms with Crippen LogP contribution in [0.2, 0.25) is 0 Å². The van der Waals surface area contributed by atoms with Crippen molar-refractivity contribution >= 4 is 29.0 Å². The first-order chi connectivity index (χ1) is 21.9. The number of benzene rings is 2. The Labute approximate surface area is 258 Å². The summed E-state index contributed by atoms with van der Waals surface area (Å²) in [7, 11) is 2.04. The predicted octanol–water partition coefficient (Wildman–Crippen LogP) is 4.61. The van der Waals surface area contributed by atoms with Gasteiger partial charge in [0.05, 0.1) is 40.5 Å². The fourth-order valence-corrected chi connectivity index (χ4v) is 5.86. The zero-order valence-electron chi connectivity index (χ0n) is 24.6. The molecule has 4 aromatic rings. The molecular weight excluding hydrogens is 578 g/mol. The number of nitrogens with zero attached hydrogens (tertiary/aromatic N) is 5. The number of halogens is 2. The molecule has 1 saturated carbocycles. The second kappa shape index (κ2) is 11.8. The maximum absolute atomic E-state index is 15.7. The molecular formula is C33H32F2N8O2. The highest BCUT2D eigenvalue weighted by Crippen LogP contribution is 2.34. The molecule has 2 aliphatic heterocycles. The molecule has 1 aliphatic carbocycles. The Kier molecular flexibility index (Phi) is 7.58. The van der Waals surface area contributed by atoms with Gasteiger partial charge in [0, 0.05) is 17.2 Å². The van der Waals surface area contributed by atoms with Crippen molar-refractivity contribution in [2.24, 2.45) is 4.99 Å². The van der Waals surface area contributed by atoms with E-state index in [4.69, 9.17) is 0 Å². The number of likely N-dealkylation sites (tertiary alicyclic amines) is 1. The zero-order valence-corrected chi connectivity index (χ0v) is 24.6. The molecule has 2 amide bonds. The molecule has 2 aromatic carbocycles. The number of carbonyl (C=O) groups is 2. The van der Waals surface area contributed by atoms with E-state index in [-0.39, 0.29) is 28.6 Å². The molecule has 12 heteroatoms. The van der Waals surface area contributed by atoms with Crippen molar-refractivity contribution in [2.45, 2.75) is 43.9 Å². The van der Waals surface area contributed by atoms with E-state index in [9.17, 15) is 14.0 Å². The molecule has 0 bridgehead atoms. The number of hydrogen-bond donors (Lipinski definition) is 3. The van der Waals surface area contributed by atoms with Gasteiger partial charge in [0.25, 0.3) is 11.8 Å². The van der Waals surface area contributed by atoms with Gasteiger partial charge < -0.3 is 20.9 Å². The van der Waals surface area contributed by atoms with Gasteiger partial charge in [0.1, 0.15) is 11.6 Å². The van der Waals surface area contributed by atoms with Crippen molar-refractivity contribution in [3.8, 4) is 11.3 Å². The van der Waals surface area contributed by atoms with Crippen LogP contribution >= 0.6 is 0 Å². The minimum atomic E-state index is -1.41. The quantitative estimate of drug-likeness (QED) is 0.263. The van der Waals surface area contributed by atoms with Gasteiger partial charge in [-0.15, -0.1) is 0 Å². The van der Waals surface area contributed by atoms with E-state index in [0.717, 1.165) is 38.8 Å². The van der Waals surface area contributed by atoms with Gasteiger partial charge in [-0.25, -0.2) is 14.4 Å². The molecule has 230 valence electrons. The van der Waals surface area contributed by atoms with Gasteiger partial charge in [-0.1, -0.05) is 42.5 Å². The Bertz CT molecular complexity index is 1800. The average Bonchev–Trinajstić information content (AvgIpc) is 3.77. The van der Waals surface area contributed by atoms with Gasteiger partial charge in [0.15, 0.2) is 0 Å². The van der Waals surface area contributed by atoms with Gasteiger partial charge in [0.2, 0.25) is 12.1 Å². The fourth-order valence-electron chi connectivity index (χ4n) is 5.86. The molecule has 0 radical (unpaired) electrons. The Hall–Kier alpha value is -4.97. The Morgan fingerprint density at radius 1 is 0.956 bits per heavy atom. The van der Waals surface area contributed by atoms with Crippen molar-refractivity contribution in [1.82, 2.24) is 25.0 Å². The number of aromatic nitrogens is 3. The zero-order chi connectivity index (χ0) is 31.1. The van der Waals surface area contributed by atoms with Crippen LogP contribution < -0.4 is 16.0 Å².